The van der Waals surface area contributed by atoms with Gasteiger partial charge in [-0.25, -0.2) is 0 Å². The van der Waals surface area contributed by atoms with Crippen molar-refractivity contribution in [2.45, 2.75) is 38.3 Å². The van der Waals surface area contributed by atoms with Gasteiger partial charge in [0, 0.05) is 31.5 Å². The van der Waals surface area contributed by atoms with Crippen molar-refractivity contribution in [2.24, 2.45) is 11.7 Å². The van der Waals surface area contributed by atoms with Crippen LogP contribution in [-0.4, -0.2) is 29.5 Å². The molecule has 0 amide bonds. The molecule has 3 nitrogen and oxygen atoms in total. The standard InChI is InChI=1S/C14H23N3/c1-17(11-13-3-2-8-16-9-13)10-12-4-6-14(15)7-5-12/h2-3,8-9,12,14H,4-7,10-11,15H2,1H3. The van der Waals surface area contributed by atoms with Gasteiger partial charge in [0.05, 0.1) is 0 Å². The summed E-state index contributed by atoms with van der Waals surface area (Å²) in [6.07, 6.45) is 8.76. The first-order valence-electron chi connectivity index (χ1n) is 6.57. The zero-order chi connectivity index (χ0) is 12.1. The van der Waals surface area contributed by atoms with Crippen molar-refractivity contribution in [3.63, 3.8) is 0 Å². The predicted molar refractivity (Wildman–Crippen MR) is 70.5 cm³/mol. The van der Waals surface area contributed by atoms with Gasteiger partial charge in [-0.3, -0.25) is 4.98 Å². The number of nitrogens with two attached hydrogens (primary N) is 1. The van der Waals surface area contributed by atoms with Gasteiger partial charge in [-0.1, -0.05) is 6.07 Å². The summed E-state index contributed by atoms with van der Waals surface area (Å²) in [5, 5.41) is 0. The summed E-state index contributed by atoms with van der Waals surface area (Å²) in [4.78, 5) is 6.55. The quantitative estimate of drug-likeness (QED) is 0.865. The maximum Gasteiger partial charge on any atom is 0.0312 e. The van der Waals surface area contributed by atoms with Crippen LogP contribution in [0, 0.1) is 5.92 Å². The zero-order valence-electron chi connectivity index (χ0n) is 10.7. The number of aromatic nitrogens is 1. The molecule has 0 unspecified atom stereocenters. The summed E-state index contributed by atoms with van der Waals surface area (Å²) >= 11 is 0. The van der Waals surface area contributed by atoms with Gasteiger partial charge in [0.1, 0.15) is 0 Å². The molecule has 1 fully saturated rings. The van der Waals surface area contributed by atoms with Crippen LogP contribution >= 0.6 is 0 Å². The molecular weight excluding hydrogens is 210 g/mol. The zero-order valence-corrected chi connectivity index (χ0v) is 10.7. The van der Waals surface area contributed by atoms with Crippen molar-refractivity contribution in [3.8, 4) is 0 Å². The predicted octanol–water partition coefficient (Wildman–Crippen LogP) is 2.03. The molecule has 2 rings (SSSR count). The van der Waals surface area contributed by atoms with E-state index < -0.39 is 0 Å². The Balaban J connectivity index is 1.76. The molecule has 0 aromatic carbocycles. The lowest BCUT2D eigenvalue weighted by atomic mass is 9.86. The molecule has 17 heavy (non-hydrogen) atoms. The molecule has 0 spiro atoms. The second-order valence-corrected chi connectivity index (χ2v) is 5.34. The van der Waals surface area contributed by atoms with Gasteiger partial charge < -0.3 is 10.6 Å². The van der Waals surface area contributed by atoms with E-state index in [0.29, 0.717) is 6.04 Å². The third-order valence-electron chi connectivity index (χ3n) is 3.64. The van der Waals surface area contributed by atoms with Gasteiger partial charge in [0.15, 0.2) is 0 Å². The van der Waals surface area contributed by atoms with Crippen LogP contribution in [0.2, 0.25) is 0 Å². The van der Waals surface area contributed by atoms with E-state index in [1.165, 1.54) is 37.8 Å². The van der Waals surface area contributed by atoms with Gasteiger partial charge in [-0.05, 0) is 50.3 Å². The van der Waals surface area contributed by atoms with E-state index >= 15 is 0 Å². The van der Waals surface area contributed by atoms with Gasteiger partial charge in [0.25, 0.3) is 0 Å². The normalized spacial score (nSPS) is 25.1. The minimum absolute atomic E-state index is 0.454. The maximum atomic E-state index is 5.93. The first kappa shape index (κ1) is 12.5. The Bertz CT molecular complexity index is 317. The highest BCUT2D eigenvalue weighted by Gasteiger charge is 2.19. The fourth-order valence-electron chi connectivity index (χ4n) is 2.68. The number of hydrogen-bond acceptors (Lipinski definition) is 3. The molecule has 2 N–H and O–H groups in total. The Morgan fingerprint density at radius 2 is 2.12 bits per heavy atom. The Labute approximate surface area is 104 Å². The van der Waals surface area contributed by atoms with Gasteiger partial charge in [-0.2, -0.15) is 0 Å². The molecule has 0 saturated heterocycles. The second kappa shape index (κ2) is 6.12. The number of hydrogen-bond donors (Lipinski definition) is 1. The molecule has 1 aromatic heterocycles. The van der Waals surface area contributed by atoms with Crippen LogP contribution in [0.5, 0.6) is 0 Å². The summed E-state index contributed by atoms with van der Waals surface area (Å²) in [6, 6.07) is 4.60. The summed E-state index contributed by atoms with van der Waals surface area (Å²) in [5.74, 6) is 0.830. The molecule has 0 atom stereocenters. The molecule has 1 saturated carbocycles. The van der Waals surface area contributed by atoms with E-state index in [0.717, 1.165) is 12.5 Å². The van der Waals surface area contributed by atoms with Crippen LogP contribution in [0.3, 0.4) is 0 Å². The molecule has 1 aromatic rings. The van der Waals surface area contributed by atoms with E-state index in [2.05, 4.69) is 23.0 Å². The summed E-state index contributed by atoms with van der Waals surface area (Å²) in [6.45, 7) is 2.18. The first-order chi connectivity index (χ1) is 8.24. The SMILES string of the molecule is CN(Cc1cccnc1)CC1CCC(N)CC1. The van der Waals surface area contributed by atoms with Crippen LogP contribution in [0.4, 0.5) is 0 Å². The average Bonchev–Trinajstić information content (AvgIpc) is 2.33. The highest BCUT2D eigenvalue weighted by molar-refractivity contribution is 5.07. The van der Waals surface area contributed by atoms with E-state index in [4.69, 9.17) is 5.73 Å². The molecule has 94 valence electrons. The Morgan fingerprint density at radius 3 is 2.76 bits per heavy atom. The van der Waals surface area contributed by atoms with Gasteiger partial charge in [-0.15, -0.1) is 0 Å². The molecule has 0 aliphatic heterocycles. The van der Waals surface area contributed by atoms with E-state index in [1.54, 1.807) is 0 Å². The molecule has 1 aliphatic carbocycles. The smallest absolute Gasteiger partial charge is 0.0312 e. The lowest BCUT2D eigenvalue weighted by Gasteiger charge is -2.29. The largest absolute Gasteiger partial charge is 0.328 e. The Kier molecular flexibility index (Phi) is 4.51. The van der Waals surface area contributed by atoms with Crippen LogP contribution in [0.15, 0.2) is 24.5 Å². The van der Waals surface area contributed by atoms with Crippen LogP contribution < -0.4 is 5.73 Å². The molecule has 3 heteroatoms. The van der Waals surface area contributed by atoms with E-state index in [-0.39, 0.29) is 0 Å². The molecular formula is C14H23N3. The number of nitrogens with zero attached hydrogens (tertiary/aromatic N) is 2. The summed E-state index contributed by atoms with van der Waals surface area (Å²) in [5.41, 5.74) is 7.22. The molecule has 0 radical (unpaired) electrons. The van der Waals surface area contributed by atoms with Gasteiger partial charge in [0.2, 0.25) is 0 Å². The van der Waals surface area contributed by atoms with Crippen molar-refractivity contribution in [1.29, 1.82) is 0 Å². The Morgan fingerprint density at radius 1 is 1.35 bits per heavy atom. The maximum absolute atomic E-state index is 5.93. The Hall–Kier alpha value is -0.930. The topological polar surface area (TPSA) is 42.2 Å². The van der Waals surface area contributed by atoms with Crippen molar-refractivity contribution < 1.29 is 0 Å². The van der Waals surface area contributed by atoms with Crippen molar-refractivity contribution in [2.75, 3.05) is 13.6 Å². The fourth-order valence-corrected chi connectivity index (χ4v) is 2.68. The first-order valence-corrected chi connectivity index (χ1v) is 6.57. The lowest BCUT2D eigenvalue weighted by Crippen LogP contribution is -2.32. The second-order valence-electron chi connectivity index (χ2n) is 5.34. The van der Waals surface area contributed by atoms with Crippen molar-refractivity contribution in [1.82, 2.24) is 9.88 Å². The van der Waals surface area contributed by atoms with E-state index in [1.807, 2.05) is 18.5 Å². The van der Waals surface area contributed by atoms with Crippen LogP contribution in [-0.2, 0) is 6.54 Å². The summed E-state index contributed by atoms with van der Waals surface area (Å²) < 4.78 is 0. The third-order valence-corrected chi connectivity index (χ3v) is 3.64. The summed E-state index contributed by atoms with van der Waals surface area (Å²) in [7, 11) is 2.20. The molecule has 1 aliphatic rings. The van der Waals surface area contributed by atoms with Crippen molar-refractivity contribution >= 4 is 0 Å². The lowest BCUT2D eigenvalue weighted by molar-refractivity contribution is 0.219. The van der Waals surface area contributed by atoms with Crippen molar-refractivity contribution in [3.05, 3.63) is 30.1 Å². The third kappa shape index (κ3) is 4.10. The van der Waals surface area contributed by atoms with Crippen LogP contribution in [0.25, 0.3) is 0 Å². The minimum Gasteiger partial charge on any atom is -0.328 e. The molecule has 1 heterocycles. The van der Waals surface area contributed by atoms with Crippen LogP contribution in [0.1, 0.15) is 31.2 Å². The fraction of sp³-hybridized carbons (Fsp3) is 0.643. The molecule has 0 bridgehead atoms. The minimum atomic E-state index is 0.454. The monoisotopic (exact) mass is 233 g/mol. The highest BCUT2D eigenvalue weighted by Crippen LogP contribution is 2.23. The number of pyridine rings is 1. The average molecular weight is 233 g/mol. The number of rotatable bonds is 4. The highest BCUT2D eigenvalue weighted by atomic mass is 15.1. The van der Waals surface area contributed by atoms with Gasteiger partial charge >= 0.3 is 0 Å². The van der Waals surface area contributed by atoms with E-state index in [9.17, 15) is 0 Å².